The van der Waals surface area contributed by atoms with Crippen molar-refractivity contribution in [1.29, 1.82) is 0 Å². The van der Waals surface area contributed by atoms with Gasteiger partial charge in [0.2, 0.25) is 0 Å². The molecule has 0 aliphatic carbocycles. The summed E-state index contributed by atoms with van der Waals surface area (Å²) in [7, 11) is 0. The Labute approximate surface area is 140 Å². The van der Waals surface area contributed by atoms with Crippen LogP contribution < -0.4 is 9.64 Å². The Morgan fingerprint density at radius 3 is 2.62 bits per heavy atom. The van der Waals surface area contributed by atoms with Crippen LogP contribution in [0.3, 0.4) is 0 Å². The van der Waals surface area contributed by atoms with Gasteiger partial charge in [-0.3, -0.25) is 9.69 Å². The van der Waals surface area contributed by atoms with Crippen LogP contribution in [0.5, 0.6) is 5.75 Å². The molecule has 5 heteroatoms. The minimum absolute atomic E-state index is 0.134. The monoisotopic (exact) mass is 325 g/mol. The SMILES string of the molecule is Cc1ccc(CCC(C(=O)O)N2C(=O)COc3ccccc32)cc1. The summed E-state index contributed by atoms with van der Waals surface area (Å²) in [4.78, 5) is 25.4. The number of carboxylic acids is 1. The van der Waals surface area contributed by atoms with Crippen molar-refractivity contribution in [2.75, 3.05) is 11.5 Å². The van der Waals surface area contributed by atoms with Crippen molar-refractivity contribution in [2.24, 2.45) is 0 Å². The molecule has 5 nitrogen and oxygen atoms in total. The molecule has 0 spiro atoms. The minimum atomic E-state index is -1.01. The molecular formula is C19H19NO4. The van der Waals surface area contributed by atoms with Gasteiger partial charge in [-0.25, -0.2) is 4.79 Å². The molecule has 3 rings (SSSR count). The molecule has 1 aliphatic heterocycles. The number of hydrogen-bond acceptors (Lipinski definition) is 3. The maximum Gasteiger partial charge on any atom is 0.326 e. The Bertz CT molecular complexity index is 754. The number of carboxylic acid groups (broad SMARTS) is 1. The summed E-state index contributed by atoms with van der Waals surface area (Å²) < 4.78 is 5.39. The largest absolute Gasteiger partial charge is 0.482 e. The Hall–Kier alpha value is -2.82. The predicted molar refractivity (Wildman–Crippen MR) is 90.3 cm³/mol. The van der Waals surface area contributed by atoms with Gasteiger partial charge in [0, 0.05) is 0 Å². The number of carbonyl (C=O) groups excluding carboxylic acids is 1. The van der Waals surface area contributed by atoms with E-state index in [1.165, 1.54) is 4.90 Å². The topological polar surface area (TPSA) is 66.8 Å². The highest BCUT2D eigenvalue weighted by molar-refractivity contribution is 6.02. The van der Waals surface area contributed by atoms with Crippen molar-refractivity contribution in [1.82, 2.24) is 0 Å². The number of fused-ring (bicyclic) bond motifs is 1. The van der Waals surface area contributed by atoms with Crippen molar-refractivity contribution < 1.29 is 19.4 Å². The van der Waals surface area contributed by atoms with E-state index in [0.29, 0.717) is 24.3 Å². The number of hydrogen-bond donors (Lipinski definition) is 1. The number of aryl methyl sites for hydroxylation is 2. The summed E-state index contributed by atoms with van der Waals surface area (Å²) in [6, 6.07) is 14.1. The van der Waals surface area contributed by atoms with Gasteiger partial charge in [0.15, 0.2) is 6.61 Å². The molecule has 2 aromatic carbocycles. The first kappa shape index (κ1) is 16.1. The second-order valence-electron chi connectivity index (χ2n) is 5.90. The van der Waals surface area contributed by atoms with Crippen LogP contribution in [0, 0.1) is 6.92 Å². The summed E-state index contributed by atoms with van der Waals surface area (Å²) in [6.45, 7) is 1.87. The van der Waals surface area contributed by atoms with E-state index in [1.54, 1.807) is 24.3 Å². The smallest absolute Gasteiger partial charge is 0.326 e. The van der Waals surface area contributed by atoms with Gasteiger partial charge >= 0.3 is 5.97 Å². The van der Waals surface area contributed by atoms with E-state index in [1.807, 2.05) is 31.2 Å². The molecular weight excluding hydrogens is 306 g/mol. The fourth-order valence-electron chi connectivity index (χ4n) is 2.88. The van der Waals surface area contributed by atoms with E-state index in [4.69, 9.17) is 4.74 Å². The van der Waals surface area contributed by atoms with Gasteiger partial charge in [0.05, 0.1) is 5.69 Å². The number of benzene rings is 2. The van der Waals surface area contributed by atoms with Gasteiger partial charge in [0.1, 0.15) is 11.8 Å². The van der Waals surface area contributed by atoms with Crippen LogP contribution in [0.4, 0.5) is 5.69 Å². The van der Waals surface area contributed by atoms with E-state index in [2.05, 4.69) is 0 Å². The predicted octanol–water partition coefficient (Wildman–Crippen LogP) is 2.81. The highest BCUT2D eigenvalue weighted by Gasteiger charge is 2.35. The number of rotatable bonds is 5. The van der Waals surface area contributed by atoms with Crippen LogP contribution in [-0.2, 0) is 16.0 Å². The molecule has 0 fully saturated rings. The molecule has 1 atom stereocenters. The molecule has 24 heavy (non-hydrogen) atoms. The lowest BCUT2D eigenvalue weighted by Crippen LogP contribution is -2.49. The van der Waals surface area contributed by atoms with E-state index in [9.17, 15) is 14.7 Å². The minimum Gasteiger partial charge on any atom is -0.482 e. The maximum absolute atomic E-state index is 12.3. The number of amides is 1. The fourth-order valence-corrected chi connectivity index (χ4v) is 2.88. The zero-order chi connectivity index (χ0) is 17.1. The van der Waals surface area contributed by atoms with Crippen LogP contribution in [0.15, 0.2) is 48.5 Å². The number of aliphatic carboxylic acids is 1. The lowest BCUT2D eigenvalue weighted by Gasteiger charge is -2.33. The van der Waals surface area contributed by atoms with Crippen molar-refractivity contribution >= 4 is 17.6 Å². The Morgan fingerprint density at radius 1 is 1.21 bits per heavy atom. The average molecular weight is 325 g/mol. The van der Waals surface area contributed by atoms with E-state index >= 15 is 0 Å². The van der Waals surface area contributed by atoms with Gasteiger partial charge in [0.25, 0.3) is 5.91 Å². The molecule has 1 aliphatic rings. The van der Waals surface area contributed by atoms with Crippen molar-refractivity contribution in [3.63, 3.8) is 0 Å². The molecule has 124 valence electrons. The van der Waals surface area contributed by atoms with Crippen molar-refractivity contribution in [2.45, 2.75) is 25.8 Å². The standard InChI is InChI=1S/C19H19NO4/c1-13-6-8-14(9-7-13)10-11-16(19(22)23)20-15-4-2-3-5-17(15)24-12-18(20)21/h2-9,16H,10-12H2,1H3,(H,22,23). The first-order valence-electron chi connectivity index (χ1n) is 7.88. The molecule has 1 amide bonds. The zero-order valence-corrected chi connectivity index (χ0v) is 13.4. The quantitative estimate of drug-likeness (QED) is 0.918. The first-order chi connectivity index (χ1) is 11.6. The molecule has 2 aromatic rings. The Balaban J connectivity index is 1.84. The van der Waals surface area contributed by atoms with Gasteiger partial charge in [-0.05, 0) is 37.5 Å². The maximum atomic E-state index is 12.3. The van der Waals surface area contributed by atoms with Crippen LogP contribution in [-0.4, -0.2) is 29.6 Å². The number of para-hydroxylation sites is 2. The fraction of sp³-hybridized carbons (Fsp3) is 0.263. The lowest BCUT2D eigenvalue weighted by molar-refractivity contribution is -0.140. The van der Waals surface area contributed by atoms with Gasteiger partial charge < -0.3 is 9.84 Å². The summed E-state index contributed by atoms with van der Waals surface area (Å²) >= 11 is 0. The number of ether oxygens (including phenoxy) is 1. The number of carbonyl (C=O) groups is 2. The Kier molecular flexibility index (Phi) is 4.51. The third kappa shape index (κ3) is 3.25. The molecule has 1 N–H and O–H groups in total. The highest BCUT2D eigenvalue weighted by Crippen LogP contribution is 2.33. The molecule has 0 saturated heterocycles. The average Bonchev–Trinajstić information content (AvgIpc) is 2.58. The van der Waals surface area contributed by atoms with Crippen LogP contribution >= 0.6 is 0 Å². The van der Waals surface area contributed by atoms with E-state index in [0.717, 1.165) is 11.1 Å². The normalized spacial score (nSPS) is 14.7. The second kappa shape index (κ2) is 6.74. The summed E-state index contributed by atoms with van der Waals surface area (Å²) in [6.07, 6.45) is 0.933. The third-order valence-corrected chi connectivity index (χ3v) is 4.17. The Morgan fingerprint density at radius 2 is 1.92 bits per heavy atom. The van der Waals surface area contributed by atoms with Crippen LogP contribution in [0.2, 0.25) is 0 Å². The van der Waals surface area contributed by atoms with Crippen molar-refractivity contribution in [3.05, 3.63) is 59.7 Å². The molecule has 0 aromatic heterocycles. The highest BCUT2D eigenvalue weighted by atomic mass is 16.5. The zero-order valence-electron chi connectivity index (χ0n) is 13.4. The molecule has 0 saturated carbocycles. The van der Waals surface area contributed by atoms with Crippen molar-refractivity contribution in [3.8, 4) is 5.75 Å². The summed E-state index contributed by atoms with van der Waals surface area (Å²) in [5.41, 5.74) is 2.73. The van der Waals surface area contributed by atoms with Gasteiger partial charge in [-0.2, -0.15) is 0 Å². The third-order valence-electron chi connectivity index (χ3n) is 4.17. The molecule has 1 unspecified atom stereocenters. The van der Waals surface area contributed by atoms with Gasteiger partial charge in [-0.15, -0.1) is 0 Å². The second-order valence-corrected chi connectivity index (χ2v) is 5.90. The summed E-state index contributed by atoms with van der Waals surface area (Å²) in [5.74, 6) is -0.796. The number of anilines is 1. The molecule has 0 radical (unpaired) electrons. The van der Waals surface area contributed by atoms with E-state index in [-0.39, 0.29) is 12.5 Å². The van der Waals surface area contributed by atoms with Crippen LogP contribution in [0.25, 0.3) is 0 Å². The molecule has 1 heterocycles. The molecule has 0 bridgehead atoms. The first-order valence-corrected chi connectivity index (χ1v) is 7.88. The van der Waals surface area contributed by atoms with Gasteiger partial charge in [-0.1, -0.05) is 42.0 Å². The lowest BCUT2D eigenvalue weighted by atomic mass is 10.0. The van der Waals surface area contributed by atoms with E-state index < -0.39 is 12.0 Å². The summed E-state index contributed by atoms with van der Waals surface area (Å²) in [5, 5.41) is 9.66. The number of nitrogens with zero attached hydrogens (tertiary/aromatic N) is 1. The van der Waals surface area contributed by atoms with Crippen LogP contribution in [0.1, 0.15) is 17.5 Å².